The van der Waals surface area contributed by atoms with Crippen molar-refractivity contribution in [3.05, 3.63) is 59.7 Å². The highest BCUT2D eigenvalue weighted by molar-refractivity contribution is 5.99. The Kier molecular flexibility index (Phi) is 7.98. The van der Waals surface area contributed by atoms with Crippen molar-refractivity contribution < 1.29 is 23.9 Å². The molecule has 0 saturated heterocycles. The van der Waals surface area contributed by atoms with Crippen LogP contribution in [0.1, 0.15) is 36.7 Å². The number of methoxy groups -OCH3 is 1. The molecule has 2 aromatic carbocycles. The molecule has 30 heavy (non-hydrogen) atoms. The minimum absolute atomic E-state index is 0.227. The first-order chi connectivity index (χ1) is 14.2. The van der Waals surface area contributed by atoms with Gasteiger partial charge >= 0.3 is 5.97 Å². The summed E-state index contributed by atoms with van der Waals surface area (Å²) >= 11 is 0. The van der Waals surface area contributed by atoms with E-state index in [2.05, 4.69) is 10.6 Å². The zero-order chi connectivity index (χ0) is 22.3. The van der Waals surface area contributed by atoms with Crippen molar-refractivity contribution in [3.8, 4) is 5.75 Å². The number of amides is 2. The number of para-hydroxylation sites is 2. The molecule has 0 radical (unpaired) electrons. The van der Waals surface area contributed by atoms with Gasteiger partial charge in [0.2, 0.25) is 0 Å². The molecule has 0 aromatic heterocycles. The number of carbonyl (C=O) groups excluding carboxylic acids is 3. The summed E-state index contributed by atoms with van der Waals surface area (Å²) in [6, 6.07) is 13.1. The van der Waals surface area contributed by atoms with Crippen LogP contribution in [-0.2, 0) is 14.3 Å². The van der Waals surface area contributed by atoms with Gasteiger partial charge in [0.1, 0.15) is 11.8 Å². The Bertz CT molecular complexity index is 910. The van der Waals surface area contributed by atoms with E-state index in [4.69, 9.17) is 9.47 Å². The maximum Gasteiger partial charge on any atom is 0.329 e. The number of nitrogens with one attached hydrogen (secondary N) is 2. The molecular formula is C23H28N2O5. The first-order valence-electron chi connectivity index (χ1n) is 9.75. The van der Waals surface area contributed by atoms with Gasteiger partial charge in [0.05, 0.1) is 12.8 Å². The topological polar surface area (TPSA) is 93.7 Å². The second-order valence-electron chi connectivity index (χ2n) is 7.28. The predicted molar refractivity (Wildman–Crippen MR) is 114 cm³/mol. The van der Waals surface area contributed by atoms with Gasteiger partial charge in [-0.15, -0.1) is 0 Å². The first kappa shape index (κ1) is 22.9. The van der Waals surface area contributed by atoms with E-state index in [1.165, 1.54) is 14.0 Å². The van der Waals surface area contributed by atoms with Crippen LogP contribution in [0.4, 0.5) is 5.69 Å². The molecule has 0 unspecified atom stereocenters. The van der Waals surface area contributed by atoms with Crippen LogP contribution in [0, 0.1) is 12.8 Å². The minimum atomic E-state index is -1.06. The summed E-state index contributed by atoms with van der Waals surface area (Å²) in [7, 11) is 1.50. The smallest absolute Gasteiger partial charge is 0.329 e. The zero-order valence-corrected chi connectivity index (χ0v) is 17.9. The number of rotatable bonds is 8. The fourth-order valence-electron chi connectivity index (χ4n) is 2.83. The lowest BCUT2D eigenvalue weighted by Crippen LogP contribution is -2.47. The number of carbonyl (C=O) groups is 3. The Morgan fingerprint density at radius 3 is 2.20 bits per heavy atom. The van der Waals surface area contributed by atoms with Crippen LogP contribution in [0.2, 0.25) is 0 Å². The van der Waals surface area contributed by atoms with Gasteiger partial charge in [0.15, 0.2) is 6.10 Å². The highest BCUT2D eigenvalue weighted by atomic mass is 16.5. The van der Waals surface area contributed by atoms with Gasteiger partial charge in [-0.2, -0.15) is 0 Å². The number of hydrogen-bond donors (Lipinski definition) is 2. The monoisotopic (exact) mass is 412 g/mol. The second-order valence-corrected chi connectivity index (χ2v) is 7.28. The standard InChI is InChI=1S/C23H28N2O5/c1-14(2)20(25-22(27)17-11-7-6-10-15(17)3)23(28)30-16(4)21(26)24-18-12-8-9-13-19(18)29-5/h6-14,16,20H,1-5H3,(H,24,26)(H,25,27)/t16-,20+/m1/s1. The lowest BCUT2D eigenvalue weighted by Gasteiger charge is -2.23. The van der Waals surface area contributed by atoms with Crippen molar-refractivity contribution in [1.82, 2.24) is 5.32 Å². The predicted octanol–water partition coefficient (Wildman–Crippen LogP) is 3.33. The number of hydrogen-bond acceptors (Lipinski definition) is 5. The summed E-state index contributed by atoms with van der Waals surface area (Å²) < 4.78 is 10.5. The van der Waals surface area contributed by atoms with Crippen LogP contribution in [-0.4, -0.2) is 37.0 Å². The van der Waals surface area contributed by atoms with Gasteiger partial charge in [0.25, 0.3) is 11.8 Å². The van der Waals surface area contributed by atoms with Crippen LogP contribution < -0.4 is 15.4 Å². The number of benzene rings is 2. The molecule has 2 rings (SSSR count). The SMILES string of the molecule is COc1ccccc1NC(=O)[C@@H](C)OC(=O)[C@@H](NC(=O)c1ccccc1C)C(C)C. The molecule has 0 aliphatic carbocycles. The molecule has 0 spiro atoms. The summed E-state index contributed by atoms with van der Waals surface area (Å²) in [6.45, 7) is 6.89. The molecule has 2 N–H and O–H groups in total. The van der Waals surface area contributed by atoms with E-state index in [0.717, 1.165) is 5.56 Å². The second kappa shape index (κ2) is 10.4. The first-order valence-corrected chi connectivity index (χ1v) is 9.75. The van der Waals surface area contributed by atoms with Crippen molar-refractivity contribution in [2.75, 3.05) is 12.4 Å². The van der Waals surface area contributed by atoms with Crippen LogP contribution in [0.15, 0.2) is 48.5 Å². The summed E-state index contributed by atoms with van der Waals surface area (Å²) in [5.41, 5.74) is 1.76. The van der Waals surface area contributed by atoms with Crippen LogP contribution >= 0.6 is 0 Å². The molecule has 2 amide bonds. The summed E-state index contributed by atoms with van der Waals surface area (Å²) in [5.74, 6) is -1.27. The molecule has 0 bridgehead atoms. The lowest BCUT2D eigenvalue weighted by atomic mass is 10.0. The van der Waals surface area contributed by atoms with Crippen molar-refractivity contribution in [2.45, 2.75) is 39.8 Å². The van der Waals surface area contributed by atoms with Gasteiger partial charge in [-0.05, 0) is 43.5 Å². The molecule has 7 nitrogen and oxygen atoms in total. The average Bonchev–Trinajstić information content (AvgIpc) is 2.72. The fraction of sp³-hybridized carbons (Fsp3) is 0.348. The number of aryl methyl sites for hydroxylation is 1. The molecule has 0 fully saturated rings. The van der Waals surface area contributed by atoms with E-state index < -0.39 is 24.0 Å². The van der Waals surface area contributed by atoms with Crippen molar-refractivity contribution >= 4 is 23.5 Å². The van der Waals surface area contributed by atoms with Crippen LogP contribution in [0.25, 0.3) is 0 Å². The summed E-state index contributed by atoms with van der Waals surface area (Å²) in [5, 5.41) is 5.40. The van der Waals surface area contributed by atoms with Gasteiger partial charge in [-0.1, -0.05) is 44.2 Å². The molecule has 0 aliphatic heterocycles. The van der Waals surface area contributed by atoms with Crippen molar-refractivity contribution in [1.29, 1.82) is 0 Å². The Balaban J connectivity index is 2.04. The number of esters is 1. The summed E-state index contributed by atoms with van der Waals surface area (Å²) in [4.78, 5) is 37.8. The zero-order valence-electron chi connectivity index (χ0n) is 17.9. The van der Waals surface area contributed by atoms with Crippen LogP contribution in [0.5, 0.6) is 5.75 Å². The third-order valence-corrected chi connectivity index (χ3v) is 4.62. The quantitative estimate of drug-likeness (QED) is 0.649. The fourth-order valence-corrected chi connectivity index (χ4v) is 2.83. The highest BCUT2D eigenvalue weighted by Gasteiger charge is 2.29. The normalized spacial score (nSPS) is 12.6. The van der Waals surface area contributed by atoms with Crippen molar-refractivity contribution in [2.24, 2.45) is 5.92 Å². The highest BCUT2D eigenvalue weighted by Crippen LogP contribution is 2.23. The lowest BCUT2D eigenvalue weighted by molar-refractivity contribution is -0.156. The van der Waals surface area contributed by atoms with E-state index in [9.17, 15) is 14.4 Å². The van der Waals surface area contributed by atoms with E-state index in [0.29, 0.717) is 17.0 Å². The maximum absolute atomic E-state index is 12.7. The van der Waals surface area contributed by atoms with E-state index in [1.54, 1.807) is 50.2 Å². The Hall–Kier alpha value is -3.35. The maximum atomic E-state index is 12.7. The van der Waals surface area contributed by atoms with Crippen molar-refractivity contribution in [3.63, 3.8) is 0 Å². The van der Waals surface area contributed by atoms with E-state index >= 15 is 0 Å². The molecule has 0 aliphatic rings. The summed E-state index contributed by atoms with van der Waals surface area (Å²) in [6.07, 6.45) is -1.06. The third kappa shape index (κ3) is 5.83. The minimum Gasteiger partial charge on any atom is -0.495 e. The van der Waals surface area contributed by atoms with Gasteiger partial charge in [-0.25, -0.2) is 4.79 Å². The molecule has 7 heteroatoms. The molecule has 0 saturated carbocycles. The Morgan fingerprint density at radius 2 is 1.57 bits per heavy atom. The molecular weight excluding hydrogens is 384 g/mol. The molecule has 0 heterocycles. The van der Waals surface area contributed by atoms with E-state index in [1.807, 2.05) is 19.1 Å². The molecule has 2 atom stereocenters. The number of anilines is 1. The number of ether oxygens (including phenoxy) is 2. The van der Waals surface area contributed by atoms with Gasteiger partial charge < -0.3 is 20.1 Å². The molecule has 2 aromatic rings. The van der Waals surface area contributed by atoms with Gasteiger partial charge in [-0.3, -0.25) is 9.59 Å². The Labute approximate surface area is 176 Å². The van der Waals surface area contributed by atoms with Gasteiger partial charge in [0, 0.05) is 5.56 Å². The largest absolute Gasteiger partial charge is 0.495 e. The van der Waals surface area contributed by atoms with E-state index in [-0.39, 0.29) is 11.8 Å². The van der Waals surface area contributed by atoms with Crippen LogP contribution in [0.3, 0.4) is 0 Å². The average molecular weight is 412 g/mol. The molecule has 160 valence electrons. The Morgan fingerprint density at radius 1 is 0.933 bits per heavy atom. The third-order valence-electron chi connectivity index (χ3n) is 4.62.